The molecule has 1 unspecified atom stereocenters. The number of fused-ring (bicyclic) bond motifs is 1. The van der Waals surface area contributed by atoms with E-state index in [0.717, 1.165) is 35.5 Å². The van der Waals surface area contributed by atoms with Crippen molar-refractivity contribution in [3.05, 3.63) is 17.0 Å². The Morgan fingerprint density at radius 1 is 1.27 bits per heavy atom. The minimum atomic E-state index is 0.718. The molecule has 3 heteroatoms. The van der Waals surface area contributed by atoms with Gasteiger partial charge in [0.25, 0.3) is 0 Å². The summed E-state index contributed by atoms with van der Waals surface area (Å²) in [5, 5.41) is 4.10. The molecule has 1 fully saturated rings. The average molecular weight is 223 g/mol. The highest BCUT2D eigenvalue weighted by Crippen LogP contribution is 2.41. The summed E-state index contributed by atoms with van der Waals surface area (Å²) >= 11 is 4.31. The summed E-state index contributed by atoms with van der Waals surface area (Å²) in [4.78, 5) is 0. The molecule has 0 spiro atoms. The van der Waals surface area contributed by atoms with Gasteiger partial charge in [-0.15, -0.1) is 0 Å². The molecule has 0 amide bonds. The summed E-state index contributed by atoms with van der Waals surface area (Å²) in [6, 6.07) is 0. The van der Waals surface area contributed by atoms with E-state index in [1.54, 1.807) is 0 Å². The van der Waals surface area contributed by atoms with Crippen LogP contribution in [0.15, 0.2) is 4.52 Å². The summed E-state index contributed by atoms with van der Waals surface area (Å²) in [7, 11) is 0. The van der Waals surface area contributed by atoms with Crippen molar-refractivity contribution in [2.45, 2.75) is 44.3 Å². The maximum Gasteiger partial charge on any atom is 0.140 e. The summed E-state index contributed by atoms with van der Waals surface area (Å²) in [6.45, 7) is 0. The molecule has 0 bridgehead atoms. The van der Waals surface area contributed by atoms with Gasteiger partial charge in [-0.1, -0.05) is 24.4 Å². The number of thiol groups is 1. The van der Waals surface area contributed by atoms with Crippen LogP contribution in [-0.4, -0.2) is 5.16 Å². The number of nitrogens with zero attached hydrogens (tertiary/aromatic N) is 1. The van der Waals surface area contributed by atoms with Crippen LogP contribution in [0.2, 0.25) is 0 Å². The fourth-order valence-electron chi connectivity index (χ4n) is 2.93. The second-order valence-corrected chi connectivity index (χ2v) is 5.20. The molecule has 0 saturated heterocycles. The molecule has 2 nitrogen and oxygen atoms in total. The Morgan fingerprint density at radius 3 is 2.80 bits per heavy atom. The average Bonchev–Trinajstić information content (AvgIpc) is 2.57. The van der Waals surface area contributed by atoms with Crippen molar-refractivity contribution >= 4 is 12.6 Å². The number of aromatic nitrogens is 1. The van der Waals surface area contributed by atoms with E-state index in [2.05, 4.69) is 17.8 Å². The maximum atomic E-state index is 5.36. The predicted octanol–water partition coefficient (Wildman–Crippen LogP) is 3.01. The fraction of sp³-hybridized carbons (Fsp3) is 0.750. The van der Waals surface area contributed by atoms with Crippen LogP contribution in [0.25, 0.3) is 0 Å². The normalized spacial score (nSPS) is 26.1. The van der Waals surface area contributed by atoms with Crippen molar-refractivity contribution in [3.63, 3.8) is 0 Å². The van der Waals surface area contributed by atoms with E-state index >= 15 is 0 Å². The molecule has 1 saturated carbocycles. The third-order valence-corrected chi connectivity index (χ3v) is 4.43. The monoisotopic (exact) mass is 223 g/mol. The van der Waals surface area contributed by atoms with Gasteiger partial charge in [-0.25, -0.2) is 0 Å². The van der Waals surface area contributed by atoms with E-state index in [-0.39, 0.29) is 0 Å². The Kier molecular flexibility index (Phi) is 2.51. The molecule has 0 N–H and O–H groups in total. The van der Waals surface area contributed by atoms with E-state index < -0.39 is 0 Å². The molecule has 0 aromatic carbocycles. The molecule has 1 heterocycles. The number of aryl methyl sites for hydroxylation is 1. The molecule has 2 aliphatic carbocycles. The molecule has 1 aromatic rings. The van der Waals surface area contributed by atoms with Crippen LogP contribution >= 0.6 is 12.6 Å². The van der Waals surface area contributed by atoms with Crippen molar-refractivity contribution < 1.29 is 4.52 Å². The van der Waals surface area contributed by atoms with Crippen LogP contribution in [0.3, 0.4) is 0 Å². The maximum absolute atomic E-state index is 5.36. The van der Waals surface area contributed by atoms with Crippen LogP contribution in [0.1, 0.15) is 42.7 Å². The van der Waals surface area contributed by atoms with Crippen LogP contribution in [0.5, 0.6) is 0 Å². The first kappa shape index (κ1) is 9.76. The minimum Gasteiger partial charge on any atom is -0.361 e. The molecular weight excluding hydrogens is 206 g/mol. The van der Waals surface area contributed by atoms with E-state index in [0.29, 0.717) is 0 Å². The van der Waals surface area contributed by atoms with Gasteiger partial charge in [-0.3, -0.25) is 0 Å². The molecule has 2 aliphatic rings. The van der Waals surface area contributed by atoms with Crippen molar-refractivity contribution in [1.29, 1.82) is 0 Å². The van der Waals surface area contributed by atoms with E-state index in [9.17, 15) is 0 Å². The molecule has 0 radical (unpaired) electrons. The molecule has 3 rings (SSSR count). The lowest BCUT2D eigenvalue weighted by Gasteiger charge is -2.35. The van der Waals surface area contributed by atoms with Crippen LogP contribution in [0, 0.1) is 11.8 Å². The van der Waals surface area contributed by atoms with Gasteiger partial charge in [-0.05, 0) is 24.7 Å². The quantitative estimate of drug-likeness (QED) is 0.780. The Balaban J connectivity index is 1.80. The first-order chi connectivity index (χ1) is 7.38. The summed E-state index contributed by atoms with van der Waals surface area (Å²) in [5.41, 5.74) is 2.46. The zero-order valence-electron chi connectivity index (χ0n) is 8.91. The van der Waals surface area contributed by atoms with Crippen molar-refractivity contribution in [3.8, 4) is 0 Å². The van der Waals surface area contributed by atoms with Crippen LogP contribution < -0.4 is 0 Å². The number of rotatable bonds is 2. The largest absolute Gasteiger partial charge is 0.361 e. The predicted molar refractivity (Wildman–Crippen MR) is 62.0 cm³/mol. The van der Waals surface area contributed by atoms with Gasteiger partial charge >= 0.3 is 0 Å². The van der Waals surface area contributed by atoms with Crippen molar-refractivity contribution in [1.82, 2.24) is 5.16 Å². The van der Waals surface area contributed by atoms with Gasteiger partial charge in [0.05, 0.1) is 5.69 Å². The lowest BCUT2D eigenvalue weighted by molar-refractivity contribution is 0.182. The van der Waals surface area contributed by atoms with Crippen LogP contribution in [0.4, 0.5) is 0 Å². The third kappa shape index (κ3) is 1.61. The smallest absolute Gasteiger partial charge is 0.140 e. The Morgan fingerprint density at radius 2 is 2.13 bits per heavy atom. The fourth-order valence-corrected chi connectivity index (χ4v) is 3.18. The Hall–Kier alpha value is -0.440. The van der Waals surface area contributed by atoms with E-state index in [1.807, 2.05) is 0 Å². The highest BCUT2D eigenvalue weighted by Gasteiger charge is 2.32. The van der Waals surface area contributed by atoms with Gasteiger partial charge in [0, 0.05) is 17.7 Å². The molecule has 15 heavy (non-hydrogen) atoms. The van der Waals surface area contributed by atoms with Crippen molar-refractivity contribution in [2.75, 3.05) is 0 Å². The molecule has 0 aliphatic heterocycles. The SMILES string of the molecule is SCc1noc2c1CC(C1CCC1)CC2. The second kappa shape index (κ2) is 3.85. The Bertz CT molecular complexity index is 343. The van der Waals surface area contributed by atoms with E-state index in [4.69, 9.17) is 4.52 Å². The zero-order chi connectivity index (χ0) is 10.3. The van der Waals surface area contributed by atoms with Crippen molar-refractivity contribution in [2.24, 2.45) is 11.8 Å². The summed E-state index contributed by atoms with van der Waals surface area (Å²) in [6.07, 6.45) is 7.93. The number of hydrogen-bond donors (Lipinski definition) is 1. The van der Waals surface area contributed by atoms with Crippen LogP contribution in [-0.2, 0) is 18.6 Å². The summed E-state index contributed by atoms with van der Waals surface area (Å²) in [5.74, 6) is 3.73. The highest BCUT2D eigenvalue weighted by atomic mass is 32.1. The standard InChI is InChI=1S/C12H17NOS/c15-7-11-10-6-9(8-2-1-3-8)4-5-12(10)14-13-11/h8-9,15H,1-7H2. The van der Waals surface area contributed by atoms with Gasteiger partial charge in [0.2, 0.25) is 0 Å². The lowest BCUT2D eigenvalue weighted by Crippen LogP contribution is -2.27. The van der Waals surface area contributed by atoms with E-state index in [1.165, 1.54) is 37.7 Å². The van der Waals surface area contributed by atoms with Gasteiger partial charge < -0.3 is 4.52 Å². The van der Waals surface area contributed by atoms with Gasteiger partial charge in [0.15, 0.2) is 0 Å². The minimum absolute atomic E-state index is 0.718. The second-order valence-electron chi connectivity index (χ2n) is 4.88. The summed E-state index contributed by atoms with van der Waals surface area (Å²) < 4.78 is 5.36. The molecule has 1 atom stereocenters. The molecular formula is C12H17NOS. The number of hydrogen-bond acceptors (Lipinski definition) is 3. The van der Waals surface area contributed by atoms with Gasteiger partial charge in [0.1, 0.15) is 5.76 Å². The Labute approximate surface area is 95.8 Å². The lowest BCUT2D eigenvalue weighted by atomic mass is 9.69. The molecule has 1 aromatic heterocycles. The molecule has 82 valence electrons. The first-order valence-corrected chi connectivity index (χ1v) is 6.59. The zero-order valence-corrected chi connectivity index (χ0v) is 9.80. The van der Waals surface area contributed by atoms with Gasteiger partial charge in [-0.2, -0.15) is 12.6 Å². The third-order valence-electron chi connectivity index (χ3n) is 4.13. The first-order valence-electron chi connectivity index (χ1n) is 5.95. The topological polar surface area (TPSA) is 26.0 Å². The highest BCUT2D eigenvalue weighted by molar-refractivity contribution is 7.79.